The van der Waals surface area contributed by atoms with Gasteiger partial charge in [0.25, 0.3) is 5.91 Å². The second-order valence-corrected chi connectivity index (χ2v) is 8.22. The number of likely N-dealkylation sites (tertiary alicyclic amines) is 1. The zero-order valence-corrected chi connectivity index (χ0v) is 16.0. The Labute approximate surface area is 155 Å². The molecule has 0 spiro atoms. The van der Waals surface area contributed by atoms with Gasteiger partial charge in [-0.15, -0.1) is 11.3 Å². The molecule has 1 fully saturated rings. The van der Waals surface area contributed by atoms with Crippen molar-refractivity contribution in [2.75, 3.05) is 13.1 Å². The van der Waals surface area contributed by atoms with E-state index < -0.39 is 0 Å². The predicted octanol–water partition coefficient (Wildman–Crippen LogP) is 4.01. The summed E-state index contributed by atoms with van der Waals surface area (Å²) in [5.74, 6) is -0.121. The minimum absolute atomic E-state index is 0.121. The van der Waals surface area contributed by atoms with Gasteiger partial charge in [0.05, 0.1) is 4.91 Å². The average molecular weight is 373 g/mol. The Hall–Kier alpha value is -1.86. The molecule has 0 radical (unpaired) electrons. The van der Waals surface area contributed by atoms with E-state index in [1.807, 2.05) is 17.7 Å². The lowest BCUT2D eigenvalue weighted by Gasteiger charge is -2.27. The number of carbonyl (C=O) groups is 1. The van der Waals surface area contributed by atoms with Crippen molar-refractivity contribution in [1.82, 2.24) is 14.5 Å². The zero-order valence-electron chi connectivity index (χ0n) is 14.4. The molecular formula is C18H20N4OS2. The molecule has 2 aliphatic heterocycles. The molecule has 0 unspecified atom stereocenters. The first-order valence-electron chi connectivity index (χ1n) is 8.50. The molecule has 0 atom stereocenters. The number of thioether (sulfide) groups is 1. The molecule has 2 aromatic heterocycles. The quantitative estimate of drug-likeness (QED) is 0.748. The second-order valence-electron chi connectivity index (χ2n) is 6.33. The Balaban J connectivity index is 1.60. The van der Waals surface area contributed by atoms with Crippen molar-refractivity contribution in [3.63, 3.8) is 0 Å². The number of aromatic nitrogens is 2. The fraction of sp³-hybridized carbons (Fsp3) is 0.389. The van der Waals surface area contributed by atoms with Crippen molar-refractivity contribution in [2.24, 2.45) is 4.99 Å². The lowest BCUT2D eigenvalue weighted by atomic mass is 10.1. The molecule has 7 heteroatoms. The Bertz CT molecular complexity index is 858. The topological polar surface area (TPSA) is 50.5 Å². The fourth-order valence-corrected chi connectivity index (χ4v) is 5.02. The Morgan fingerprint density at radius 2 is 2.00 bits per heavy atom. The van der Waals surface area contributed by atoms with E-state index in [-0.39, 0.29) is 5.91 Å². The molecule has 0 N–H and O–H groups in total. The van der Waals surface area contributed by atoms with E-state index in [1.165, 1.54) is 31.0 Å². The Kier molecular flexibility index (Phi) is 4.52. The molecule has 0 aliphatic carbocycles. The van der Waals surface area contributed by atoms with Crippen LogP contribution < -0.4 is 0 Å². The van der Waals surface area contributed by atoms with E-state index in [9.17, 15) is 4.79 Å². The number of aliphatic imine (C=N–C) groups is 1. The number of amidine groups is 1. The number of hydrogen-bond donors (Lipinski definition) is 0. The van der Waals surface area contributed by atoms with Crippen LogP contribution in [0.1, 0.15) is 36.2 Å². The van der Waals surface area contributed by atoms with Crippen LogP contribution in [0.2, 0.25) is 0 Å². The summed E-state index contributed by atoms with van der Waals surface area (Å²) in [6.07, 6.45) is 7.42. The van der Waals surface area contributed by atoms with Crippen LogP contribution in [-0.2, 0) is 4.79 Å². The van der Waals surface area contributed by atoms with Crippen molar-refractivity contribution in [3.8, 4) is 5.13 Å². The van der Waals surface area contributed by atoms with Crippen molar-refractivity contribution in [3.05, 3.63) is 39.5 Å². The van der Waals surface area contributed by atoms with Crippen molar-refractivity contribution >= 4 is 40.2 Å². The normalized spacial score (nSPS) is 19.8. The number of rotatable bonds is 2. The lowest BCUT2D eigenvalue weighted by Crippen LogP contribution is -2.33. The van der Waals surface area contributed by atoms with E-state index in [4.69, 9.17) is 0 Å². The van der Waals surface area contributed by atoms with Crippen molar-refractivity contribution in [1.29, 1.82) is 0 Å². The summed E-state index contributed by atoms with van der Waals surface area (Å²) in [4.78, 5) is 24.0. The summed E-state index contributed by atoms with van der Waals surface area (Å²) >= 11 is 3.12. The third-order valence-corrected chi connectivity index (χ3v) is 6.40. The number of thiazole rings is 1. The minimum Gasteiger partial charge on any atom is -0.351 e. The Morgan fingerprint density at radius 1 is 1.20 bits per heavy atom. The van der Waals surface area contributed by atoms with Crippen LogP contribution in [-0.4, -0.2) is 38.6 Å². The largest absolute Gasteiger partial charge is 0.351 e. The summed E-state index contributed by atoms with van der Waals surface area (Å²) in [5, 5.41) is 3.79. The Morgan fingerprint density at radius 3 is 2.72 bits per heavy atom. The maximum Gasteiger partial charge on any atom is 0.286 e. The van der Waals surface area contributed by atoms with Gasteiger partial charge in [-0.3, -0.25) is 9.36 Å². The molecule has 4 rings (SSSR count). The summed E-state index contributed by atoms with van der Waals surface area (Å²) in [6.45, 7) is 6.14. The number of nitrogens with zero attached hydrogens (tertiary/aromatic N) is 4. The van der Waals surface area contributed by atoms with Crippen LogP contribution >= 0.6 is 23.1 Å². The summed E-state index contributed by atoms with van der Waals surface area (Å²) in [5.41, 5.74) is 3.27. The molecule has 0 aromatic carbocycles. The molecule has 1 saturated heterocycles. The highest BCUT2D eigenvalue weighted by Gasteiger charge is 2.27. The van der Waals surface area contributed by atoms with Crippen molar-refractivity contribution in [2.45, 2.75) is 33.1 Å². The van der Waals surface area contributed by atoms with E-state index in [0.717, 1.165) is 40.3 Å². The van der Waals surface area contributed by atoms with E-state index in [0.29, 0.717) is 4.91 Å². The van der Waals surface area contributed by atoms with Gasteiger partial charge in [-0.25, -0.2) is 4.98 Å². The minimum atomic E-state index is -0.121. The highest BCUT2D eigenvalue weighted by molar-refractivity contribution is 8.18. The van der Waals surface area contributed by atoms with Crippen LogP contribution in [0.3, 0.4) is 0 Å². The zero-order chi connectivity index (χ0) is 17.4. The number of aryl methyl sites for hydroxylation is 1. The van der Waals surface area contributed by atoms with Gasteiger partial charge in [-0.05, 0) is 62.6 Å². The summed E-state index contributed by atoms with van der Waals surface area (Å²) in [6, 6.07) is 2.11. The smallest absolute Gasteiger partial charge is 0.286 e. The lowest BCUT2D eigenvalue weighted by molar-refractivity contribution is -0.113. The highest BCUT2D eigenvalue weighted by atomic mass is 32.2. The molecule has 2 aliphatic rings. The average Bonchev–Trinajstić information content (AvgIpc) is 3.31. The van der Waals surface area contributed by atoms with E-state index in [2.05, 4.69) is 39.4 Å². The first kappa shape index (κ1) is 16.6. The second kappa shape index (κ2) is 6.80. The van der Waals surface area contributed by atoms with E-state index >= 15 is 0 Å². The van der Waals surface area contributed by atoms with Gasteiger partial charge >= 0.3 is 0 Å². The van der Waals surface area contributed by atoms with Gasteiger partial charge in [0, 0.05) is 36.1 Å². The standard InChI is InChI=1S/C18H20N4OS2/c1-12-10-14(13(2)22(12)17-19-6-9-24-17)11-15-16(23)20-18(25-15)21-7-4-3-5-8-21/h6,9-11H,3-5,7-8H2,1-2H3/b15-11-. The maximum atomic E-state index is 12.3. The third-order valence-electron chi connectivity index (χ3n) is 4.60. The van der Waals surface area contributed by atoms with Gasteiger partial charge in [-0.1, -0.05) is 0 Å². The van der Waals surface area contributed by atoms with Crippen molar-refractivity contribution < 1.29 is 4.79 Å². The third kappa shape index (κ3) is 3.18. The summed E-state index contributed by atoms with van der Waals surface area (Å²) < 4.78 is 2.13. The van der Waals surface area contributed by atoms with Gasteiger partial charge in [0.2, 0.25) is 0 Å². The van der Waals surface area contributed by atoms with Crippen LogP contribution in [0.15, 0.2) is 27.5 Å². The molecule has 4 heterocycles. The van der Waals surface area contributed by atoms with Crippen LogP contribution in [0, 0.1) is 13.8 Å². The molecule has 2 aromatic rings. The number of hydrogen-bond acceptors (Lipinski definition) is 5. The molecule has 130 valence electrons. The molecule has 0 bridgehead atoms. The van der Waals surface area contributed by atoms with Gasteiger partial charge in [0.15, 0.2) is 10.3 Å². The maximum absolute atomic E-state index is 12.3. The molecule has 25 heavy (non-hydrogen) atoms. The first-order valence-corrected chi connectivity index (χ1v) is 10.2. The number of piperidine rings is 1. The van der Waals surface area contributed by atoms with Crippen LogP contribution in [0.4, 0.5) is 0 Å². The highest BCUT2D eigenvalue weighted by Crippen LogP contribution is 2.33. The summed E-state index contributed by atoms with van der Waals surface area (Å²) in [7, 11) is 0. The van der Waals surface area contributed by atoms with Gasteiger partial charge < -0.3 is 4.90 Å². The molecular weight excluding hydrogens is 352 g/mol. The van der Waals surface area contributed by atoms with Crippen LogP contribution in [0.25, 0.3) is 11.2 Å². The predicted molar refractivity (Wildman–Crippen MR) is 104 cm³/mol. The first-order chi connectivity index (χ1) is 12.1. The van der Waals surface area contributed by atoms with Gasteiger partial charge in [-0.2, -0.15) is 4.99 Å². The molecule has 5 nitrogen and oxygen atoms in total. The fourth-order valence-electron chi connectivity index (χ4n) is 3.31. The van der Waals surface area contributed by atoms with E-state index in [1.54, 1.807) is 11.3 Å². The van der Waals surface area contributed by atoms with Gasteiger partial charge in [0.1, 0.15) is 0 Å². The number of carbonyl (C=O) groups excluding carboxylic acids is 1. The molecule has 1 amide bonds. The van der Waals surface area contributed by atoms with Crippen LogP contribution in [0.5, 0.6) is 0 Å². The SMILES string of the molecule is Cc1cc(/C=C2\SC(N3CCCCC3)=NC2=O)c(C)n1-c1nccs1. The molecule has 0 saturated carbocycles. The monoisotopic (exact) mass is 372 g/mol. The number of amides is 1.